The average Bonchev–Trinajstić information content (AvgIpc) is 2.86. The van der Waals surface area contributed by atoms with Crippen molar-refractivity contribution in [3.05, 3.63) is 95.1 Å². The van der Waals surface area contributed by atoms with Gasteiger partial charge in [-0.05, 0) is 61.0 Å². The van der Waals surface area contributed by atoms with E-state index in [2.05, 4.69) is 17.0 Å². The fourth-order valence-corrected chi connectivity index (χ4v) is 4.79. The molecule has 3 aromatic rings. The quantitative estimate of drug-likeness (QED) is 0.509. The molecule has 1 atom stereocenters. The molecular weight excluding hydrogens is 443 g/mol. The number of alkyl halides is 1. The summed E-state index contributed by atoms with van der Waals surface area (Å²) in [6.45, 7) is 4.68. The molecule has 1 N–H and O–H groups in total. The summed E-state index contributed by atoms with van der Waals surface area (Å²) in [5.41, 5.74) is 3.31. The van der Waals surface area contributed by atoms with E-state index in [1.165, 1.54) is 0 Å². The number of fused-ring (bicyclic) bond motifs is 1. The SMILES string of the molecule is CC1=CC(c2ccc(C#N)cc2)(c2ccc(OCCN3CC(CF)C3)cc2)Oc2ccc(O)cc21. The maximum atomic E-state index is 12.6. The van der Waals surface area contributed by atoms with E-state index in [0.29, 0.717) is 17.9 Å². The van der Waals surface area contributed by atoms with Gasteiger partial charge in [0.25, 0.3) is 0 Å². The molecule has 6 heteroatoms. The van der Waals surface area contributed by atoms with Gasteiger partial charge in [0.15, 0.2) is 5.60 Å². The Balaban J connectivity index is 1.42. The summed E-state index contributed by atoms with van der Waals surface area (Å²) in [7, 11) is 0. The Bertz CT molecular complexity index is 1270. The third-order valence-electron chi connectivity index (χ3n) is 6.73. The lowest BCUT2D eigenvalue weighted by Gasteiger charge is -2.38. The molecule has 1 saturated heterocycles. The van der Waals surface area contributed by atoms with Crippen molar-refractivity contribution in [2.75, 3.05) is 32.9 Å². The molecule has 0 amide bonds. The second kappa shape index (κ2) is 9.44. The zero-order valence-corrected chi connectivity index (χ0v) is 19.6. The monoisotopic (exact) mass is 470 g/mol. The van der Waals surface area contributed by atoms with Gasteiger partial charge in [0, 0.05) is 42.2 Å². The Morgan fingerprint density at radius 3 is 2.43 bits per heavy atom. The lowest BCUT2D eigenvalue weighted by Crippen LogP contribution is -2.49. The van der Waals surface area contributed by atoms with Crippen LogP contribution < -0.4 is 9.47 Å². The normalized spacial score (nSPS) is 19.6. The predicted molar refractivity (Wildman–Crippen MR) is 132 cm³/mol. The number of benzene rings is 3. The Labute approximate surface area is 204 Å². The molecule has 5 nitrogen and oxygen atoms in total. The number of allylic oxidation sites excluding steroid dienone is 1. The van der Waals surface area contributed by atoms with Crippen LogP contribution in [0.1, 0.15) is 29.2 Å². The van der Waals surface area contributed by atoms with E-state index in [1.54, 1.807) is 30.3 Å². The number of ether oxygens (including phenoxy) is 2. The summed E-state index contributed by atoms with van der Waals surface area (Å²) in [6.07, 6.45) is 2.05. The molecule has 1 fully saturated rings. The fraction of sp³-hybridized carbons (Fsp3) is 0.276. The van der Waals surface area contributed by atoms with Gasteiger partial charge in [0.2, 0.25) is 0 Å². The number of rotatable bonds is 7. The van der Waals surface area contributed by atoms with Gasteiger partial charge in [0.1, 0.15) is 23.9 Å². The Morgan fingerprint density at radius 1 is 1.09 bits per heavy atom. The summed E-state index contributed by atoms with van der Waals surface area (Å²) in [6, 6.07) is 22.5. The number of hydrogen-bond donors (Lipinski definition) is 1. The van der Waals surface area contributed by atoms with E-state index in [4.69, 9.17) is 9.47 Å². The summed E-state index contributed by atoms with van der Waals surface area (Å²) in [5, 5.41) is 19.2. The third-order valence-corrected chi connectivity index (χ3v) is 6.73. The minimum Gasteiger partial charge on any atom is -0.508 e. The van der Waals surface area contributed by atoms with Crippen LogP contribution in [0.4, 0.5) is 4.39 Å². The Hall–Kier alpha value is -3.82. The second-order valence-corrected chi connectivity index (χ2v) is 9.19. The first-order chi connectivity index (χ1) is 17.0. The smallest absolute Gasteiger partial charge is 0.178 e. The molecule has 2 aliphatic heterocycles. The summed E-state index contributed by atoms with van der Waals surface area (Å²) in [5.74, 6) is 1.79. The van der Waals surface area contributed by atoms with E-state index in [1.807, 2.05) is 43.3 Å². The van der Waals surface area contributed by atoms with Gasteiger partial charge in [0.05, 0.1) is 18.3 Å². The van der Waals surface area contributed by atoms with Gasteiger partial charge < -0.3 is 14.6 Å². The van der Waals surface area contributed by atoms with Crippen molar-refractivity contribution in [2.24, 2.45) is 5.92 Å². The molecule has 0 aromatic heterocycles. The minimum absolute atomic E-state index is 0.175. The molecule has 1 unspecified atom stereocenters. The van der Waals surface area contributed by atoms with Crippen LogP contribution in [0.3, 0.4) is 0 Å². The number of nitriles is 1. The first-order valence-electron chi connectivity index (χ1n) is 11.7. The van der Waals surface area contributed by atoms with Crippen LogP contribution in [-0.2, 0) is 5.60 Å². The molecule has 0 bridgehead atoms. The number of halogens is 1. The van der Waals surface area contributed by atoms with Crippen molar-refractivity contribution in [1.82, 2.24) is 4.90 Å². The van der Waals surface area contributed by atoms with Gasteiger partial charge in [-0.2, -0.15) is 5.26 Å². The largest absolute Gasteiger partial charge is 0.508 e. The van der Waals surface area contributed by atoms with Crippen LogP contribution in [-0.4, -0.2) is 42.9 Å². The first kappa shape index (κ1) is 22.9. The Morgan fingerprint density at radius 2 is 1.77 bits per heavy atom. The zero-order valence-electron chi connectivity index (χ0n) is 19.6. The number of phenols is 1. The van der Waals surface area contributed by atoms with Gasteiger partial charge in [-0.25, -0.2) is 0 Å². The van der Waals surface area contributed by atoms with Crippen LogP contribution in [0.5, 0.6) is 17.2 Å². The maximum absolute atomic E-state index is 12.6. The van der Waals surface area contributed by atoms with Crippen molar-refractivity contribution >= 4 is 5.57 Å². The van der Waals surface area contributed by atoms with Crippen LogP contribution in [0.25, 0.3) is 5.57 Å². The van der Waals surface area contributed by atoms with Crippen molar-refractivity contribution in [1.29, 1.82) is 5.26 Å². The number of nitrogens with zero attached hydrogens (tertiary/aromatic N) is 2. The van der Waals surface area contributed by atoms with Crippen molar-refractivity contribution in [3.8, 4) is 23.3 Å². The maximum Gasteiger partial charge on any atom is 0.178 e. The molecule has 5 rings (SSSR count). The second-order valence-electron chi connectivity index (χ2n) is 9.19. The summed E-state index contributed by atoms with van der Waals surface area (Å²) >= 11 is 0. The van der Waals surface area contributed by atoms with Gasteiger partial charge in [-0.1, -0.05) is 24.3 Å². The van der Waals surface area contributed by atoms with E-state index in [-0.39, 0.29) is 18.3 Å². The van der Waals surface area contributed by atoms with Crippen LogP contribution in [0, 0.1) is 17.2 Å². The zero-order chi connectivity index (χ0) is 24.4. The fourth-order valence-electron chi connectivity index (χ4n) is 4.79. The van der Waals surface area contributed by atoms with E-state index < -0.39 is 5.60 Å². The van der Waals surface area contributed by atoms with E-state index in [0.717, 1.165) is 47.6 Å². The molecule has 35 heavy (non-hydrogen) atoms. The molecule has 3 aromatic carbocycles. The van der Waals surface area contributed by atoms with Crippen LogP contribution in [0.2, 0.25) is 0 Å². The van der Waals surface area contributed by atoms with Gasteiger partial charge in [-0.15, -0.1) is 0 Å². The molecular formula is C29H27FN2O3. The third kappa shape index (κ3) is 4.48. The topological polar surface area (TPSA) is 65.7 Å². The summed E-state index contributed by atoms with van der Waals surface area (Å²) < 4.78 is 25.2. The van der Waals surface area contributed by atoms with Crippen LogP contribution in [0.15, 0.2) is 72.8 Å². The molecule has 178 valence electrons. The standard InChI is InChI=1S/C29H27FN2O3/c1-20-15-29(23-4-2-21(17-31)3-5-23,35-28-11-8-25(33)14-27(20)28)24-6-9-26(10-7-24)34-13-12-32-18-22(16-30)19-32/h2-11,14-15,22,33H,12-13,16,18-19H2,1H3. The van der Waals surface area contributed by atoms with Crippen molar-refractivity contribution in [3.63, 3.8) is 0 Å². The number of aromatic hydroxyl groups is 1. The first-order valence-corrected chi connectivity index (χ1v) is 11.7. The molecule has 0 spiro atoms. The number of likely N-dealkylation sites (tertiary alicyclic amines) is 1. The highest BCUT2D eigenvalue weighted by atomic mass is 19.1. The Kier molecular flexibility index (Phi) is 6.19. The highest BCUT2D eigenvalue weighted by molar-refractivity contribution is 5.75. The molecule has 2 heterocycles. The number of hydrogen-bond acceptors (Lipinski definition) is 5. The number of phenolic OH excluding ortho intramolecular Hbond substituents is 1. The van der Waals surface area contributed by atoms with Gasteiger partial charge >= 0.3 is 0 Å². The summed E-state index contributed by atoms with van der Waals surface area (Å²) in [4.78, 5) is 2.19. The average molecular weight is 471 g/mol. The molecule has 0 radical (unpaired) electrons. The molecule has 0 aliphatic carbocycles. The van der Waals surface area contributed by atoms with E-state index in [9.17, 15) is 14.8 Å². The molecule has 2 aliphatic rings. The van der Waals surface area contributed by atoms with E-state index >= 15 is 0 Å². The highest BCUT2D eigenvalue weighted by Gasteiger charge is 2.38. The van der Waals surface area contributed by atoms with Gasteiger partial charge in [-0.3, -0.25) is 9.29 Å². The minimum atomic E-state index is -0.903. The lowest BCUT2D eigenvalue weighted by molar-refractivity contribution is 0.0668. The predicted octanol–water partition coefficient (Wildman–Crippen LogP) is 5.28. The van der Waals surface area contributed by atoms with Crippen molar-refractivity contribution < 1.29 is 19.0 Å². The lowest BCUT2D eigenvalue weighted by atomic mass is 9.81. The molecule has 0 saturated carbocycles. The highest BCUT2D eigenvalue weighted by Crippen LogP contribution is 2.46. The van der Waals surface area contributed by atoms with Crippen LogP contribution >= 0.6 is 0 Å². The van der Waals surface area contributed by atoms with Crippen molar-refractivity contribution in [2.45, 2.75) is 12.5 Å².